The monoisotopic (exact) mass is 483 g/mol. The number of rotatable bonds is 11. The normalized spacial score (nSPS) is 14.1. The van der Waals surface area contributed by atoms with Gasteiger partial charge in [0.05, 0.1) is 13.2 Å². The lowest BCUT2D eigenvalue weighted by molar-refractivity contribution is -0.199. The first kappa shape index (κ1) is 25.1. The Labute approximate surface area is 182 Å². The molecule has 0 bridgehead atoms. The summed E-state index contributed by atoms with van der Waals surface area (Å²) in [7, 11) is -3.95. The van der Waals surface area contributed by atoms with Gasteiger partial charge in [0.25, 0.3) is 5.63 Å². The number of hydrogen-bond acceptors (Lipinski definition) is 7. The fraction of sp³-hybridized carbons (Fsp3) is 0.368. The van der Waals surface area contributed by atoms with E-state index in [-0.39, 0.29) is 30.2 Å². The summed E-state index contributed by atoms with van der Waals surface area (Å²) in [6.45, 7) is 3.21. The van der Waals surface area contributed by atoms with Gasteiger partial charge in [-0.15, -0.1) is 0 Å². The zero-order valence-electron chi connectivity index (χ0n) is 16.6. The van der Waals surface area contributed by atoms with Crippen LogP contribution in [0.15, 0.2) is 42.5 Å². The van der Waals surface area contributed by atoms with E-state index in [2.05, 4.69) is 10.1 Å². The summed E-state index contributed by atoms with van der Waals surface area (Å²) >= 11 is 4.81. The van der Waals surface area contributed by atoms with Gasteiger partial charge in [0.2, 0.25) is 0 Å². The Morgan fingerprint density at radius 2 is 1.77 bits per heavy atom. The molecule has 7 nitrogen and oxygen atoms in total. The summed E-state index contributed by atoms with van der Waals surface area (Å²) in [5.74, 6) is -2.35. The van der Waals surface area contributed by atoms with Gasteiger partial charge >= 0.3 is 13.7 Å². The molecule has 2 rings (SSSR count). The second-order valence-electron chi connectivity index (χ2n) is 6.16. The van der Waals surface area contributed by atoms with Crippen molar-refractivity contribution in [2.75, 3.05) is 18.5 Å². The Morgan fingerprint density at radius 3 is 2.32 bits per heavy atom. The number of hydrogen-bond donors (Lipinski definition) is 3. The zero-order valence-corrected chi connectivity index (χ0v) is 18.2. The van der Waals surface area contributed by atoms with Crippen LogP contribution in [-0.2, 0) is 13.6 Å². The minimum Gasteiger partial charge on any atom is -0.508 e. The van der Waals surface area contributed by atoms with Crippen LogP contribution in [0.2, 0.25) is 0 Å². The highest BCUT2D eigenvalue weighted by atomic mass is 35.5. The molecule has 2 unspecified atom stereocenters. The van der Waals surface area contributed by atoms with E-state index < -0.39 is 36.6 Å². The Kier molecular flexibility index (Phi) is 8.48. The molecule has 0 spiro atoms. The maximum Gasteiger partial charge on any atom is 0.444 e. The van der Waals surface area contributed by atoms with Crippen molar-refractivity contribution in [3.63, 3.8) is 0 Å². The third-order valence-electron chi connectivity index (χ3n) is 3.89. The third-order valence-corrected chi connectivity index (χ3v) is 6.42. The van der Waals surface area contributed by atoms with E-state index in [9.17, 15) is 27.9 Å². The molecule has 0 aliphatic carbocycles. The predicted molar refractivity (Wildman–Crippen MR) is 110 cm³/mol. The lowest BCUT2D eigenvalue weighted by Gasteiger charge is -2.29. The minimum atomic E-state index is -4.28. The first-order valence-corrected chi connectivity index (χ1v) is 11.2. The number of ether oxygens (including phenoxy) is 1. The molecule has 0 saturated heterocycles. The number of phenolic OH excluding ortho intramolecular Hbond substituents is 2. The van der Waals surface area contributed by atoms with Gasteiger partial charge < -0.3 is 29.3 Å². The van der Waals surface area contributed by atoms with Crippen molar-refractivity contribution >= 4 is 24.9 Å². The van der Waals surface area contributed by atoms with Crippen LogP contribution < -0.4 is 10.1 Å². The summed E-state index contributed by atoms with van der Waals surface area (Å²) in [5, 5.41) is 22.7. The van der Waals surface area contributed by atoms with Gasteiger partial charge in [-0.25, -0.2) is 4.39 Å². The summed E-state index contributed by atoms with van der Waals surface area (Å²) < 4.78 is 68.3. The molecule has 2 aromatic rings. The van der Waals surface area contributed by atoms with E-state index in [1.807, 2.05) is 0 Å². The van der Waals surface area contributed by atoms with Crippen molar-refractivity contribution in [3.05, 3.63) is 48.0 Å². The molecule has 0 fully saturated rings. The molecule has 3 N–H and O–H groups in total. The number of nitrogens with one attached hydrogen (secondary N) is 1. The van der Waals surface area contributed by atoms with Gasteiger partial charge in [-0.3, -0.25) is 4.57 Å². The van der Waals surface area contributed by atoms with E-state index in [1.54, 1.807) is 13.8 Å². The molecular formula is C19H22ClF3NO6P. The molecule has 0 saturated carbocycles. The molecule has 2 atom stereocenters. The third kappa shape index (κ3) is 6.43. The van der Waals surface area contributed by atoms with E-state index >= 15 is 0 Å². The topological polar surface area (TPSA) is 97.3 Å². The predicted octanol–water partition coefficient (Wildman–Crippen LogP) is 5.98. The largest absolute Gasteiger partial charge is 0.508 e. The van der Waals surface area contributed by atoms with E-state index in [0.29, 0.717) is 0 Å². The Morgan fingerprint density at radius 1 is 1.13 bits per heavy atom. The van der Waals surface area contributed by atoms with E-state index in [0.717, 1.165) is 18.2 Å². The van der Waals surface area contributed by atoms with Crippen LogP contribution in [0, 0.1) is 0 Å². The maximum absolute atomic E-state index is 13.5. The molecule has 0 radical (unpaired) electrons. The molecule has 0 amide bonds. The van der Waals surface area contributed by atoms with Gasteiger partial charge in [0.15, 0.2) is 5.78 Å². The van der Waals surface area contributed by atoms with Gasteiger partial charge in [0.1, 0.15) is 17.2 Å². The average molecular weight is 484 g/mol. The molecule has 31 heavy (non-hydrogen) atoms. The fourth-order valence-corrected chi connectivity index (χ4v) is 4.65. The molecular weight excluding hydrogens is 462 g/mol. The molecule has 0 aliphatic heterocycles. The number of aromatic hydroxyl groups is 2. The van der Waals surface area contributed by atoms with Crippen molar-refractivity contribution in [3.8, 4) is 17.2 Å². The van der Waals surface area contributed by atoms with Gasteiger partial charge in [-0.2, -0.15) is 8.78 Å². The second-order valence-corrected chi connectivity index (χ2v) is 8.65. The number of halogens is 4. The zero-order chi connectivity index (χ0) is 23.2. The Hall–Kier alpha value is -2.13. The van der Waals surface area contributed by atoms with Crippen LogP contribution in [0.5, 0.6) is 17.2 Å². The molecule has 172 valence electrons. The summed E-state index contributed by atoms with van der Waals surface area (Å²) in [4.78, 5) is 0. The van der Waals surface area contributed by atoms with Crippen molar-refractivity contribution in [1.82, 2.24) is 0 Å². The SMILES string of the molecule is CCOP(=O)(OCC)C(Nc1cccc(OC(F)(F)C(F)Cl)c1)c1ccc(O)cc1O. The number of alkyl halides is 4. The van der Waals surface area contributed by atoms with Crippen molar-refractivity contribution in [1.29, 1.82) is 0 Å². The van der Waals surface area contributed by atoms with Crippen molar-refractivity contribution in [2.24, 2.45) is 0 Å². The van der Waals surface area contributed by atoms with Crippen LogP contribution in [0.4, 0.5) is 18.9 Å². The van der Waals surface area contributed by atoms with Crippen LogP contribution in [0.3, 0.4) is 0 Å². The van der Waals surface area contributed by atoms with Gasteiger partial charge in [-0.05, 0) is 38.1 Å². The van der Waals surface area contributed by atoms with Crippen LogP contribution >= 0.6 is 19.2 Å². The smallest absolute Gasteiger partial charge is 0.444 e. The van der Waals surface area contributed by atoms with Crippen LogP contribution in [0.25, 0.3) is 0 Å². The maximum atomic E-state index is 13.5. The first-order chi connectivity index (χ1) is 14.5. The fourth-order valence-electron chi connectivity index (χ4n) is 2.65. The summed E-state index contributed by atoms with van der Waals surface area (Å²) in [5.41, 5.74) is -2.89. The first-order valence-electron chi connectivity index (χ1n) is 9.14. The average Bonchev–Trinajstić information content (AvgIpc) is 2.67. The molecule has 2 aromatic carbocycles. The summed E-state index contributed by atoms with van der Waals surface area (Å²) in [6, 6.07) is 8.61. The molecule has 0 aromatic heterocycles. The number of benzene rings is 2. The lowest BCUT2D eigenvalue weighted by Crippen LogP contribution is -2.32. The van der Waals surface area contributed by atoms with E-state index in [4.69, 9.17) is 20.6 Å². The highest BCUT2D eigenvalue weighted by molar-refractivity contribution is 7.54. The highest BCUT2D eigenvalue weighted by Crippen LogP contribution is 2.62. The Balaban J connectivity index is 2.46. The molecule has 0 heterocycles. The minimum absolute atomic E-state index is 0.0112. The van der Waals surface area contributed by atoms with Crippen LogP contribution in [-0.4, -0.2) is 35.2 Å². The highest BCUT2D eigenvalue weighted by Gasteiger charge is 2.42. The van der Waals surface area contributed by atoms with E-state index in [1.165, 1.54) is 24.3 Å². The van der Waals surface area contributed by atoms with Crippen molar-refractivity contribution < 1.29 is 41.7 Å². The Bertz CT molecular complexity index is 923. The lowest BCUT2D eigenvalue weighted by atomic mass is 10.2. The second kappa shape index (κ2) is 10.5. The molecule has 12 heteroatoms. The quantitative estimate of drug-likeness (QED) is 0.267. The number of phenols is 2. The number of anilines is 1. The van der Waals surface area contributed by atoms with Crippen LogP contribution in [0.1, 0.15) is 25.2 Å². The van der Waals surface area contributed by atoms with Gasteiger partial charge in [-0.1, -0.05) is 17.7 Å². The van der Waals surface area contributed by atoms with Crippen molar-refractivity contribution in [2.45, 2.75) is 31.4 Å². The standard InChI is InChI=1S/C19H22ClF3NO6P/c1-3-28-31(27,29-4-2)17(15-9-8-13(25)11-16(15)26)24-12-6-5-7-14(10-12)30-19(22,23)18(20)21/h5-11,17-18,24-26H,3-4H2,1-2H3. The molecule has 0 aliphatic rings. The summed E-state index contributed by atoms with van der Waals surface area (Å²) in [6.07, 6.45) is -4.28. The van der Waals surface area contributed by atoms with Gasteiger partial charge in [0, 0.05) is 23.4 Å².